The molecule has 1 heterocycles. The average Bonchev–Trinajstić information content (AvgIpc) is 2.69. The summed E-state index contributed by atoms with van der Waals surface area (Å²) in [4.78, 5) is 17.6. The third-order valence-electron chi connectivity index (χ3n) is 3.52. The first-order valence-corrected chi connectivity index (χ1v) is 9.72. The van der Waals surface area contributed by atoms with Crippen molar-refractivity contribution in [1.29, 1.82) is 0 Å². The van der Waals surface area contributed by atoms with Gasteiger partial charge in [-0.05, 0) is 25.7 Å². The number of hydrogen-bond acceptors (Lipinski definition) is 5. The van der Waals surface area contributed by atoms with Crippen LogP contribution < -0.4 is 5.32 Å². The van der Waals surface area contributed by atoms with Crippen LogP contribution in [0.15, 0.2) is 0 Å². The van der Waals surface area contributed by atoms with Crippen molar-refractivity contribution in [3.8, 4) is 0 Å². The van der Waals surface area contributed by atoms with Gasteiger partial charge in [0.1, 0.15) is 0 Å². The second kappa shape index (κ2) is 6.85. The summed E-state index contributed by atoms with van der Waals surface area (Å²) in [5.74, 6) is -0.357. The van der Waals surface area contributed by atoms with Gasteiger partial charge in [-0.3, -0.25) is 4.79 Å². The van der Waals surface area contributed by atoms with Crippen LogP contribution in [0.5, 0.6) is 0 Å². The Morgan fingerprint density at radius 1 is 1.29 bits per heavy atom. The highest BCUT2D eigenvalue weighted by Gasteiger charge is 2.18. The van der Waals surface area contributed by atoms with Crippen molar-refractivity contribution in [3.63, 3.8) is 0 Å². The van der Waals surface area contributed by atoms with Gasteiger partial charge in [-0.15, -0.1) is 11.3 Å². The number of thiazole rings is 1. The summed E-state index contributed by atoms with van der Waals surface area (Å²) in [5.41, 5.74) is 1.09. The molecule has 0 radical (unpaired) electrons. The van der Waals surface area contributed by atoms with E-state index in [9.17, 15) is 13.2 Å². The minimum atomic E-state index is -3.35. The predicted octanol–water partition coefficient (Wildman–Crippen LogP) is 1.63. The number of hydrogen-bond donors (Lipinski definition) is 1. The lowest BCUT2D eigenvalue weighted by Crippen LogP contribution is -2.34. The van der Waals surface area contributed by atoms with E-state index in [0.717, 1.165) is 35.5 Å². The molecule has 8 heteroatoms. The number of aryl methyl sites for hydroxylation is 2. The van der Waals surface area contributed by atoms with Crippen molar-refractivity contribution < 1.29 is 13.2 Å². The Balaban J connectivity index is 2.00. The van der Waals surface area contributed by atoms with E-state index in [2.05, 4.69) is 10.3 Å². The predicted molar refractivity (Wildman–Crippen MR) is 84.1 cm³/mol. The van der Waals surface area contributed by atoms with Gasteiger partial charge in [0.2, 0.25) is 15.9 Å². The number of nitrogens with zero attached hydrogens (tertiary/aromatic N) is 2. The van der Waals surface area contributed by atoms with E-state index >= 15 is 0 Å². The van der Waals surface area contributed by atoms with E-state index in [4.69, 9.17) is 0 Å². The van der Waals surface area contributed by atoms with Crippen LogP contribution in [-0.2, 0) is 27.7 Å². The van der Waals surface area contributed by atoms with Crippen LogP contribution in [0.3, 0.4) is 0 Å². The number of rotatable bonds is 4. The van der Waals surface area contributed by atoms with Crippen molar-refractivity contribution >= 4 is 32.4 Å². The lowest BCUT2D eigenvalue weighted by atomic mass is 10.0. The van der Waals surface area contributed by atoms with Gasteiger partial charge in [0.15, 0.2) is 5.13 Å². The van der Waals surface area contributed by atoms with Crippen LogP contribution in [0.2, 0.25) is 0 Å². The van der Waals surface area contributed by atoms with Gasteiger partial charge in [0.25, 0.3) is 0 Å². The van der Waals surface area contributed by atoms with Crippen molar-refractivity contribution in [3.05, 3.63) is 10.6 Å². The fourth-order valence-corrected chi connectivity index (χ4v) is 3.66. The molecule has 0 spiro atoms. The maximum Gasteiger partial charge on any atom is 0.241 e. The molecule has 6 nitrogen and oxygen atoms in total. The van der Waals surface area contributed by atoms with Gasteiger partial charge in [-0.1, -0.05) is 12.8 Å². The smallest absolute Gasteiger partial charge is 0.241 e. The molecule has 21 heavy (non-hydrogen) atoms. The van der Waals surface area contributed by atoms with E-state index in [-0.39, 0.29) is 12.5 Å². The zero-order valence-corrected chi connectivity index (χ0v) is 14.0. The molecule has 0 atom stereocenters. The molecular formula is C13H21N3O3S2. The fourth-order valence-electron chi connectivity index (χ4n) is 2.24. The number of carbonyl (C=O) groups excluding carboxylic acids is 1. The van der Waals surface area contributed by atoms with Gasteiger partial charge >= 0.3 is 0 Å². The highest BCUT2D eigenvalue weighted by molar-refractivity contribution is 7.88. The first kappa shape index (κ1) is 16.4. The van der Waals surface area contributed by atoms with E-state index < -0.39 is 10.0 Å². The molecule has 2 rings (SSSR count). The van der Waals surface area contributed by atoms with Crippen molar-refractivity contribution in [2.24, 2.45) is 0 Å². The zero-order chi connectivity index (χ0) is 15.5. The van der Waals surface area contributed by atoms with Gasteiger partial charge in [-0.2, -0.15) is 4.31 Å². The second-order valence-corrected chi connectivity index (χ2v) is 8.54. The number of amides is 1. The summed E-state index contributed by atoms with van der Waals surface area (Å²) >= 11 is 1.51. The summed E-state index contributed by atoms with van der Waals surface area (Å²) in [7, 11) is -1.96. The number of fused-ring (bicyclic) bond motifs is 1. The van der Waals surface area contributed by atoms with Gasteiger partial charge in [-0.25, -0.2) is 13.4 Å². The molecule has 0 saturated heterocycles. The number of anilines is 1. The molecule has 1 aromatic rings. The molecule has 0 aliphatic heterocycles. The van der Waals surface area contributed by atoms with E-state index in [0.29, 0.717) is 5.13 Å². The average molecular weight is 331 g/mol. The minimum Gasteiger partial charge on any atom is -0.301 e. The van der Waals surface area contributed by atoms with Crippen LogP contribution in [-0.4, -0.2) is 43.5 Å². The van der Waals surface area contributed by atoms with Crippen LogP contribution in [0, 0.1) is 0 Å². The Morgan fingerprint density at radius 3 is 2.62 bits per heavy atom. The first-order valence-electron chi connectivity index (χ1n) is 7.06. The molecule has 1 amide bonds. The molecule has 1 N–H and O–H groups in total. The summed E-state index contributed by atoms with van der Waals surface area (Å²) in [6, 6.07) is 0. The number of sulfonamides is 1. The molecule has 118 valence electrons. The summed E-state index contributed by atoms with van der Waals surface area (Å²) in [5, 5.41) is 3.28. The molecule has 1 aliphatic rings. The number of aromatic nitrogens is 1. The molecular weight excluding hydrogens is 310 g/mol. The molecule has 0 unspecified atom stereocenters. The maximum atomic E-state index is 11.9. The van der Waals surface area contributed by atoms with Crippen LogP contribution in [0.4, 0.5) is 5.13 Å². The molecule has 1 aromatic heterocycles. The zero-order valence-electron chi connectivity index (χ0n) is 12.4. The molecule has 0 fully saturated rings. The summed E-state index contributed by atoms with van der Waals surface area (Å²) < 4.78 is 23.6. The van der Waals surface area contributed by atoms with E-state index in [1.807, 2.05) is 0 Å². The number of nitrogens with one attached hydrogen (secondary N) is 1. The van der Waals surface area contributed by atoms with E-state index in [1.165, 1.54) is 42.5 Å². The monoisotopic (exact) mass is 331 g/mol. The maximum absolute atomic E-state index is 11.9. The quantitative estimate of drug-likeness (QED) is 0.909. The number of carbonyl (C=O) groups is 1. The number of likely N-dealkylation sites (N-methyl/N-ethyl adjacent to an activating group) is 1. The third kappa shape index (κ3) is 4.76. The molecule has 1 aliphatic carbocycles. The SMILES string of the molecule is CN(CC(=O)Nc1nc2c(s1)CCCCCC2)S(C)(=O)=O. The summed E-state index contributed by atoms with van der Waals surface area (Å²) in [6.07, 6.45) is 7.85. The third-order valence-corrected chi connectivity index (χ3v) is 5.86. The fraction of sp³-hybridized carbons (Fsp3) is 0.692. The van der Waals surface area contributed by atoms with Crippen LogP contribution >= 0.6 is 11.3 Å². The highest BCUT2D eigenvalue weighted by atomic mass is 32.2. The largest absolute Gasteiger partial charge is 0.301 e. The van der Waals surface area contributed by atoms with Gasteiger partial charge in [0.05, 0.1) is 18.5 Å². The van der Waals surface area contributed by atoms with Crippen molar-refractivity contribution in [1.82, 2.24) is 9.29 Å². The normalized spacial score (nSPS) is 16.1. The van der Waals surface area contributed by atoms with Crippen molar-refractivity contribution in [2.75, 3.05) is 25.2 Å². The Labute approximate surface area is 129 Å². The van der Waals surface area contributed by atoms with Crippen LogP contribution in [0.1, 0.15) is 36.3 Å². The molecule has 0 aromatic carbocycles. The van der Waals surface area contributed by atoms with Crippen molar-refractivity contribution in [2.45, 2.75) is 38.5 Å². The Hall–Kier alpha value is -0.990. The van der Waals surface area contributed by atoms with Gasteiger partial charge in [0, 0.05) is 11.9 Å². The Bertz CT molecular complexity index is 585. The molecule has 0 saturated carbocycles. The van der Waals surface area contributed by atoms with Crippen LogP contribution in [0.25, 0.3) is 0 Å². The lowest BCUT2D eigenvalue weighted by molar-refractivity contribution is -0.116. The standard InChI is InChI=1S/C13H21N3O3S2/c1-16(21(2,18)19)9-12(17)15-13-14-10-7-5-3-4-6-8-11(10)20-13/h3-9H2,1-2H3,(H,14,15,17). The lowest BCUT2D eigenvalue weighted by Gasteiger charge is -2.12. The van der Waals surface area contributed by atoms with Gasteiger partial charge < -0.3 is 5.32 Å². The Kier molecular flexibility index (Phi) is 5.34. The topological polar surface area (TPSA) is 79.4 Å². The molecule has 0 bridgehead atoms. The summed E-state index contributed by atoms with van der Waals surface area (Å²) in [6.45, 7) is -0.191. The minimum absolute atomic E-state index is 0.191. The first-order chi connectivity index (χ1) is 9.86. The van der Waals surface area contributed by atoms with E-state index in [1.54, 1.807) is 0 Å². The second-order valence-electron chi connectivity index (χ2n) is 5.37. The Morgan fingerprint density at radius 2 is 1.95 bits per heavy atom. The highest BCUT2D eigenvalue weighted by Crippen LogP contribution is 2.28.